The molecule has 0 saturated carbocycles. The first-order chi connectivity index (χ1) is 5.13. The van der Waals surface area contributed by atoms with Gasteiger partial charge in [0.2, 0.25) is 0 Å². The highest BCUT2D eigenvalue weighted by Gasteiger charge is 2.10. The van der Waals surface area contributed by atoms with Crippen molar-refractivity contribution in [2.45, 2.75) is 20.8 Å². The minimum Gasteiger partial charge on any atom is -0.505 e. The molecule has 0 aliphatic heterocycles. The molecule has 11 heavy (non-hydrogen) atoms. The summed E-state index contributed by atoms with van der Waals surface area (Å²) in [6.45, 7) is 5.69. The minimum absolute atomic E-state index is 0.0147. The molecule has 0 unspecified atom stereocenters. The molecule has 0 bridgehead atoms. The van der Waals surface area contributed by atoms with E-state index in [9.17, 15) is 0 Å². The van der Waals surface area contributed by atoms with E-state index in [0.29, 0.717) is 4.88 Å². The first-order valence-corrected chi connectivity index (χ1v) is 4.49. The second-order valence-corrected chi connectivity index (χ2v) is 3.21. The number of thiophene rings is 1. The van der Waals surface area contributed by atoms with Gasteiger partial charge in [-0.3, -0.25) is 0 Å². The van der Waals surface area contributed by atoms with Crippen LogP contribution in [0.3, 0.4) is 0 Å². The van der Waals surface area contributed by atoms with Gasteiger partial charge in [-0.25, -0.2) is 0 Å². The summed E-state index contributed by atoms with van der Waals surface area (Å²) in [5.74, 6) is -0.0147. The molecule has 0 radical (unpaired) electrons. The highest BCUT2D eigenvalue weighted by atomic mass is 35.5. The summed E-state index contributed by atoms with van der Waals surface area (Å²) < 4.78 is 0. The molecule has 64 valence electrons. The highest BCUT2D eigenvalue weighted by molar-refractivity contribution is 7.14. The van der Waals surface area contributed by atoms with Gasteiger partial charge in [-0.2, -0.15) is 0 Å². The maximum Gasteiger partial charge on any atom is 0.194 e. The van der Waals surface area contributed by atoms with Crippen LogP contribution >= 0.6 is 22.9 Å². The van der Waals surface area contributed by atoms with Crippen molar-refractivity contribution >= 4 is 22.9 Å². The molecule has 1 rings (SSSR count). The maximum absolute atomic E-state index is 8.95. The monoisotopic (exact) mass is 194 g/mol. The molecular weight excluding hydrogens is 184 g/mol. The fourth-order valence-corrected chi connectivity index (χ4v) is 1.48. The van der Waals surface area contributed by atoms with Crippen molar-refractivity contribution in [1.29, 1.82) is 0 Å². The van der Waals surface area contributed by atoms with Crippen LogP contribution in [-0.2, 0) is 0 Å². The SMILES string of the molecule is CC.Cc1sc(O)c(Cl)c1O. The molecule has 0 fully saturated rings. The van der Waals surface area contributed by atoms with Crippen molar-refractivity contribution in [2.75, 3.05) is 0 Å². The number of hydrogen-bond acceptors (Lipinski definition) is 3. The Morgan fingerprint density at radius 3 is 1.82 bits per heavy atom. The van der Waals surface area contributed by atoms with Crippen LogP contribution < -0.4 is 0 Å². The van der Waals surface area contributed by atoms with Crippen molar-refractivity contribution in [2.24, 2.45) is 0 Å². The van der Waals surface area contributed by atoms with Crippen LogP contribution in [0, 0.1) is 6.92 Å². The molecule has 0 atom stereocenters. The Labute approximate surface area is 75.1 Å². The predicted molar refractivity (Wildman–Crippen MR) is 48.7 cm³/mol. The van der Waals surface area contributed by atoms with Gasteiger partial charge >= 0.3 is 0 Å². The normalized spacial score (nSPS) is 8.73. The van der Waals surface area contributed by atoms with E-state index >= 15 is 0 Å². The Hall–Kier alpha value is -0.410. The fourth-order valence-electron chi connectivity index (χ4n) is 0.494. The van der Waals surface area contributed by atoms with Crippen molar-refractivity contribution in [3.05, 3.63) is 9.90 Å². The molecule has 2 N–H and O–H groups in total. The molecular formula is C7H11ClO2S. The van der Waals surface area contributed by atoms with Crippen molar-refractivity contribution in [3.8, 4) is 10.8 Å². The van der Waals surface area contributed by atoms with Crippen LogP contribution in [0.2, 0.25) is 5.02 Å². The zero-order valence-electron chi connectivity index (χ0n) is 6.68. The lowest BCUT2D eigenvalue weighted by Crippen LogP contribution is -1.59. The van der Waals surface area contributed by atoms with Gasteiger partial charge in [0.05, 0.1) is 0 Å². The molecule has 0 saturated heterocycles. The van der Waals surface area contributed by atoms with E-state index in [4.69, 9.17) is 21.8 Å². The van der Waals surface area contributed by atoms with E-state index in [1.165, 1.54) is 0 Å². The molecule has 1 heterocycles. The predicted octanol–water partition coefficient (Wildman–Crippen LogP) is 3.15. The Morgan fingerprint density at radius 1 is 1.27 bits per heavy atom. The topological polar surface area (TPSA) is 40.5 Å². The van der Waals surface area contributed by atoms with E-state index in [2.05, 4.69) is 0 Å². The van der Waals surface area contributed by atoms with Crippen molar-refractivity contribution < 1.29 is 10.2 Å². The standard InChI is InChI=1S/C5H5ClO2S.C2H6/c1-2-4(7)3(6)5(8)9-2;1-2/h7-8H,1H3;1-2H3. The van der Waals surface area contributed by atoms with Crippen LogP contribution in [0.15, 0.2) is 0 Å². The Bertz CT molecular complexity index is 210. The summed E-state index contributed by atoms with van der Waals surface area (Å²) in [5.41, 5.74) is 0. The van der Waals surface area contributed by atoms with Crippen LogP contribution in [0.4, 0.5) is 0 Å². The van der Waals surface area contributed by atoms with Crippen LogP contribution in [0.5, 0.6) is 10.8 Å². The van der Waals surface area contributed by atoms with E-state index in [0.717, 1.165) is 11.3 Å². The molecule has 0 amide bonds. The van der Waals surface area contributed by atoms with E-state index in [1.807, 2.05) is 13.8 Å². The lowest BCUT2D eigenvalue weighted by molar-refractivity contribution is 0.462. The zero-order valence-corrected chi connectivity index (χ0v) is 8.25. The Morgan fingerprint density at radius 2 is 1.73 bits per heavy atom. The third kappa shape index (κ3) is 2.27. The Balaban J connectivity index is 0.000000461. The largest absolute Gasteiger partial charge is 0.505 e. The quantitative estimate of drug-likeness (QED) is 0.666. The second-order valence-electron chi connectivity index (χ2n) is 1.63. The number of aromatic hydroxyl groups is 2. The summed E-state index contributed by atoms with van der Waals surface area (Å²) in [5, 5.41) is 17.8. The first-order valence-electron chi connectivity index (χ1n) is 3.29. The molecule has 1 aromatic heterocycles. The van der Waals surface area contributed by atoms with Crippen LogP contribution in [-0.4, -0.2) is 10.2 Å². The smallest absolute Gasteiger partial charge is 0.194 e. The third-order valence-corrected chi connectivity index (χ3v) is 2.35. The number of halogens is 1. The summed E-state index contributed by atoms with van der Waals surface area (Å²) in [6.07, 6.45) is 0. The number of rotatable bonds is 0. The van der Waals surface area contributed by atoms with Gasteiger partial charge in [-0.15, -0.1) is 0 Å². The summed E-state index contributed by atoms with van der Waals surface area (Å²) >= 11 is 6.48. The van der Waals surface area contributed by atoms with Gasteiger partial charge in [0.1, 0.15) is 5.02 Å². The highest BCUT2D eigenvalue weighted by Crippen LogP contribution is 2.42. The summed E-state index contributed by atoms with van der Waals surface area (Å²) in [4.78, 5) is 0.637. The van der Waals surface area contributed by atoms with Gasteiger partial charge in [-0.1, -0.05) is 36.8 Å². The zero-order chi connectivity index (χ0) is 9.02. The van der Waals surface area contributed by atoms with Gasteiger partial charge in [0.15, 0.2) is 10.8 Å². The third-order valence-electron chi connectivity index (χ3n) is 0.979. The molecule has 2 nitrogen and oxygen atoms in total. The molecule has 0 aliphatic carbocycles. The van der Waals surface area contributed by atoms with E-state index < -0.39 is 0 Å². The first kappa shape index (κ1) is 10.6. The molecule has 4 heteroatoms. The van der Waals surface area contributed by atoms with Crippen molar-refractivity contribution in [3.63, 3.8) is 0 Å². The summed E-state index contributed by atoms with van der Waals surface area (Å²) in [6, 6.07) is 0. The van der Waals surface area contributed by atoms with Crippen molar-refractivity contribution in [1.82, 2.24) is 0 Å². The average Bonchev–Trinajstić information content (AvgIpc) is 2.22. The molecule has 1 aromatic rings. The fraction of sp³-hybridized carbons (Fsp3) is 0.429. The van der Waals surface area contributed by atoms with Crippen LogP contribution in [0.1, 0.15) is 18.7 Å². The Kier molecular flexibility index (Phi) is 4.30. The number of aryl methyl sites for hydroxylation is 1. The lowest BCUT2D eigenvalue weighted by Gasteiger charge is -1.84. The lowest BCUT2D eigenvalue weighted by atomic mass is 10.5. The maximum atomic E-state index is 8.95. The summed E-state index contributed by atoms with van der Waals surface area (Å²) in [7, 11) is 0. The number of hydrogen-bond donors (Lipinski definition) is 2. The average molecular weight is 195 g/mol. The second kappa shape index (κ2) is 4.46. The molecule has 0 aliphatic rings. The molecule has 0 spiro atoms. The van der Waals surface area contributed by atoms with Gasteiger partial charge in [0, 0.05) is 4.88 Å². The van der Waals surface area contributed by atoms with Crippen LogP contribution in [0.25, 0.3) is 0 Å². The van der Waals surface area contributed by atoms with Gasteiger partial charge in [-0.05, 0) is 6.92 Å². The molecule has 0 aromatic carbocycles. The van der Waals surface area contributed by atoms with Gasteiger partial charge in [0.25, 0.3) is 0 Å². The minimum atomic E-state index is -0.0216. The van der Waals surface area contributed by atoms with E-state index in [1.54, 1.807) is 6.92 Å². The van der Waals surface area contributed by atoms with Gasteiger partial charge < -0.3 is 10.2 Å². The van der Waals surface area contributed by atoms with E-state index in [-0.39, 0.29) is 15.8 Å².